The zero-order chi connectivity index (χ0) is 13.9. The van der Waals surface area contributed by atoms with Crippen molar-refractivity contribution in [3.8, 4) is 29.0 Å². The highest BCUT2D eigenvalue weighted by Crippen LogP contribution is 2.20. The average Bonchev–Trinajstić information content (AvgIpc) is 2.97. The fraction of sp³-hybridized carbons (Fsp3) is 0.0769. The van der Waals surface area contributed by atoms with Crippen LogP contribution < -0.4 is 0 Å². The quantitative estimate of drug-likeness (QED) is 0.694. The van der Waals surface area contributed by atoms with Crippen molar-refractivity contribution >= 4 is 0 Å². The van der Waals surface area contributed by atoms with Crippen LogP contribution in [0, 0.1) is 18.3 Å². The molecule has 0 spiro atoms. The molecule has 3 aromatic rings. The molecule has 0 unspecified atom stereocenters. The lowest BCUT2D eigenvalue weighted by Gasteiger charge is -1.94. The third-order valence-electron chi connectivity index (χ3n) is 2.55. The minimum absolute atomic E-state index is 0.292. The van der Waals surface area contributed by atoms with E-state index in [4.69, 9.17) is 9.78 Å². The highest BCUT2D eigenvalue weighted by molar-refractivity contribution is 5.57. The fourth-order valence-corrected chi connectivity index (χ4v) is 1.65. The van der Waals surface area contributed by atoms with Crippen LogP contribution in [0.2, 0.25) is 0 Å². The summed E-state index contributed by atoms with van der Waals surface area (Å²) in [5, 5.41) is 12.7. The van der Waals surface area contributed by atoms with Gasteiger partial charge in [0.15, 0.2) is 0 Å². The van der Waals surface area contributed by atoms with Gasteiger partial charge in [0.05, 0.1) is 0 Å². The molecule has 3 heterocycles. The van der Waals surface area contributed by atoms with Crippen LogP contribution in [-0.2, 0) is 0 Å². The van der Waals surface area contributed by atoms with Gasteiger partial charge in [-0.15, -0.1) is 0 Å². The molecule has 7 heteroatoms. The van der Waals surface area contributed by atoms with Crippen molar-refractivity contribution in [2.75, 3.05) is 0 Å². The molecule has 0 bridgehead atoms. The molecule has 0 N–H and O–H groups in total. The fourth-order valence-electron chi connectivity index (χ4n) is 1.65. The SMILES string of the molecule is Cc1nccc(-c2noc(-c3ccnc(C#N)c3)n2)n1. The summed E-state index contributed by atoms with van der Waals surface area (Å²) in [7, 11) is 0. The van der Waals surface area contributed by atoms with Crippen LogP contribution in [-0.4, -0.2) is 25.1 Å². The molecule has 0 saturated carbocycles. The van der Waals surface area contributed by atoms with Gasteiger partial charge in [0, 0.05) is 18.0 Å². The Labute approximate surface area is 114 Å². The van der Waals surface area contributed by atoms with Crippen LogP contribution in [0.3, 0.4) is 0 Å². The number of nitrogens with zero attached hydrogens (tertiary/aromatic N) is 6. The van der Waals surface area contributed by atoms with Gasteiger partial charge in [-0.25, -0.2) is 15.0 Å². The molecule has 0 aromatic carbocycles. The second-order valence-electron chi connectivity index (χ2n) is 3.95. The first-order valence-electron chi connectivity index (χ1n) is 5.76. The predicted molar refractivity (Wildman–Crippen MR) is 68.0 cm³/mol. The van der Waals surface area contributed by atoms with E-state index in [9.17, 15) is 0 Å². The smallest absolute Gasteiger partial charge is 0.258 e. The van der Waals surface area contributed by atoms with E-state index >= 15 is 0 Å². The van der Waals surface area contributed by atoms with Crippen molar-refractivity contribution in [2.24, 2.45) is 0 Å². The highest BCUT2D eigenvalue weighted by atomic mass is 16.5. The Bertz CT molecular complexity index is 804. The first kappa shape index (κ1) is 11.9. The third-order valence-corrected chi connectivity index (χ3v) is 2.55. The summed E-state index contributed by atoms with van der Waals surface area (Å²) in [6.45, 7) is 1.78. The summed E-state index contributed by atoms with van der Waals surface area (Å²) in [5.41, 5.74) is 1.52. The molecule has 0 aliphatic rings. The number of aryl methyl sites for hydroxylation is 1. The molecule has 96 valence electrons. The van der Waals surface area contributed by atoms with Gasteiger partial charge in [0.2, 0.25) is 5.82 Å². The van der Waals surface area contributed by atoms with Crippen LogP contribution in [0.1, 0.15) is 11.5 Å². The Morgan fingerprint density at radius 2 is 2.00 bits per heavy atom. The van der Waals surface area contributed by atoms with Crippen LogP contribution in [0.4, 0.5) is 0 Å². The Balaban J connectivity index is 2.00. The lowest BCUT2D eigenvalue weighted by Crippen LogP contribution is -1.91. The normalized spacial score (nSPS) is 10.2. The van der Waals surface area contributed by atoms with E-state index in [1.807, 2.05) is 6.07 Å². The zero-order valence-corrected chi connectivity index (χ0v) is 10.5. The van der Waals surface area contributed by atoms with E-state index in [0.717, 1.165) is 0 Å². The van der Waals surface area contributed by atoms with E-state index in [-0.39, 0.29) is 0 Å². The molecule has 0 radical (unpaired) electrons. The van der Waals surface area contributed by atoms with E-state index in [1.165, 1.54) is 6.20 Å². The third kappa shape index (κ3) is 2.22. The van der Waals surface area contributed by atoms with Crippen molar-refractivity contribution in [3.63, 3.8) is 0 Å². The monoisotopic (exact) mass is 264 g/mol. The van der Waals surface area contributed by atoms with Crippen molar-refractivity contribution in [3.05, 3.63) is 42.1 Å². The Morgan fingerprint density at radius 3 is 2.80 bits per heavy atom. The van der Waals surface area contributed by atoms with Crippen LogP contribution in [0.5, 0.6) is 0 Å². The van der Waals surface area contributed by atoms with Gasteiger partial charge in [0.1, 0.15) is 23.3 Å². The zero-order valence-electron chi connectivity index (χ0n) is 10.5. The van der Waals surface area contributed by atoms with Crippen molar-refractivity contribution < 1.29 is 4.52 Å². The van der Waals surface area contributed by atoms with Gasteiger partial charge < -0.3 is 4.52 Å². The van der Waals surface area contributed by atoms with Gasteiger partial charge >= 0.3 is 0 Å². The molecule has 3 rings (SSSR count). The Morgan fingerprint density at radius 1 is 1.15 bits per heavy atom. The van der Waals surface area contributed by atoms with Gasteiger partial charge in [-0.3, -0.25) is 0 Å². The van der Waals surface area contributed by atoms with Gasteiger partial charge in [-0.05, 0) is 25.1 Å². The number of pyridine rings is 1. The molecule has 0 saturated heterocycles. The molecule has 20 heavy (non-hydrogen) atoms. The standard InChI is InChI=1S/C13H8N6O/c1-8-15-5-3-11(17-8)12-18-13(20-19-12)9-2-4-16-10(6-9)7-14/h2-6H,1H3. The molecule has 0 aliphatic heterocycles. The van der Waals surface area contributed by atoms with Gasteiger partial charge in [-0.2, -0.15) is 10.2 Å². The van der Waals surface area contributed by atoms with Crippen LogP contribution in [0.15, 0.2) is 35.1 Å². The minimum atomic E-state index is 0.292. The highest BCUT2D eigenvalue weighted by Gasteiger charge is 2.12. The number of aromatic nitrogens is 5. The van der Waals surface area contributed by atoms with E-state index in [1.54, 1.807) is 31.3 Å². The molecule has 0 atom stereocenters. The predicted octanol–water partition coefficient (Wildman–Crippen LogP) is 1.77. The van der Waals surface area contributed by atoms with Crippen LogP contribution in [0.25, 0.3) is 23.0 Å². The average molecular weight is 264 g/mol. The Kier molecular flexibility index (Phi) is 2.89. The van der Waals surface area contributed by atoms with Crippen LogP contribution >= 0.6 is 0 Å². The van der Waals surface area contributed by atoms with Crippen molar-refractivity contribution in [2.45, 2.75) is 6.92 Å². The summed E-state index contributed by atoms with van der Waals surface area (Å²) in [5.74, 6) is 1.32. The maximum atomic E-state index is 8.83. The minimum Gasteiger partial charge on any atom is -0.334 e. The second-order valence-corrected chi connectivity index (χ2v) is 3.95. The Hall–Kier alpha value is -3.14. The van der Waals surface area contributed by atoms with E-state index < -0.39 is 0 Å². The largest absolute Gasteiger partial charge is 0.334 e. The van der Waals surface area contributed by atoms with Gasteiger partial charge in [-0.1, -0.05) is 5.16 Å². The van der Waals surface area contributed by atoms with E-state index in [2.05, 4.69) is 25.1 Å². The molecule has 0 fully saturated rings. The van der Waals surface area contributed by atoms with Crippen molar-refractivity contribution in [1.82, 2.24) is 25.1 Å². The van der Waals surface area contributed by atoms with E-state index in [0.29, 0.717) is 34.5 Å². The lowest BCUT2D eigenvalue weighted by atomic mass is 10.2. The number of hydrogen-bond donors (Lipinski definition) is 0. The van der Waals surface area contributed by atoms with Gasteiger partial charge in [0.25, 0.3) is 5.89 Å². The molecule has 7 nitrogen and oxygen atoms in total. The topological polar surface area (TPSA) is 101 Å². The first-order valence-corrected chi connectivity index (χ1v) is 5.76. The summed E-state index contributed by atoms with van der Waals surface area (Å²) in [6, 6.07) is 6.95. The molecular weight excluding hydrogens is 256 g/mol. The summed E-state index contributed by atoms with van der Waals surface area (Å²) in [4.78, 5) is 16.4. The summed E-state index contributed by atoms with van der Waals surface area (Å²) < 4.78 is 5.19. The number of nitriles is 1. The maximum Gasteiger partial charge on any atom is 0.258 e. The molecule has 3 aromatic heterocycles. The number of rotatable bonds is 2. The molecular formula is C13H8N6O. The number of hydrogen-bond acceptors (Lipinski definition) is 7. The lowest BCUT2D eigenvalue weighted by molar-refractivity contribution is 0.432. The molecule has 0 aliphatic carbocycles. The molecule has 0 amide bonds. The van der Waals surface area contributed by atoms with Crippen molar-refractivity contribution in [1.29, 1.82) is 5.26 Å². The summed E-state index contributed by atoms with van der Waals surface area (Å²) >= 11 is 0. The second kappa shape index (κ2) is 4.85. The first-order chi connectivity index (χ1) is 9.76. The summed E-state index contributed by atoms with van der Waals surface area (Å²) in [6.07, 6.45) is 3.15. The maximum absolute atomic E-state index is 8.83.